The van der Waals surface area contributed by atoms with Gasteiger partial charge in [0.05, 0.1) is 16.8 Å². The van der Waals surface area contributed by atoms with Crippen LogP contribution in [0.5, 0.6) is 0 Å². The van der Waals surface area contributed by atoms with E-state index in [1.165, 1.54) is 6.07 Å². The van der Waals surface area contributed by atoms with Crippen LogP contribution in [0.3, 0.4) is 0 Å². The molecule has 1 aromatic carbocycles. The van der Waals surface area contributed by atoms with Crippen LogP contribution in [0.4, 0.5) is 18.9 Å². The Balaban J connectivity index is 1.90. The van der Waals surface area contributed by atoms with Gasteiger partial charge in [0.2, 0.25) is 0 Å². The number of fused-ring (bicyclic) bond motifs is 2. The van der Waals surface area contributed by atoms with Gasteiger partial charge in [0, 0.05) is 25.2 Å². The lowest BCUT2D eigenvalue weighted by Crippen LogP contribution is -2.35. The van der Waals surface area contributed by atoms with Crippen molar-refractivity contribution in [2.24, 2.45) is 0 Å². The van der Waals surface area contributed by atoms with Crippen LogP contribution in [-0.4, -0.2) is 25.2 Å². The van der Waals surface area contributed by atoms with E-state index < -0.39 is 11.7 Å². The Morgan fingerprint density at radius 1 is 1.19 bits per heavy atom. The number of hydrogen-bond acceptors (Lipinski definition) is 3. The fourth-order valence-corrected chi connectivity index (χ4v) is 3.24. The second-order valence-electron chi connectivity index (χ2n) is 5.71. The smallest absolute Gasteiger partial charge is 0.369 e. The first-order valence-electron chi connectivity index (χ1n) is 7.09. The highest BCUT2D eigenvalue weighted by Crippen LogP contribution is 2.33. The third kappa shape index (κ3) is 2.84. The molecule has 1 aromatic rings. The van der Waals surface area contributed by atoms with E-state index in [-0.39, 0.29) is 5.56 Å². The van der Waals surface area contributed by atoms with Crippen LogP contribution >= 0.6 is 0 Å². The third-order valence-electron chi connectivity index (χ3n) is 4.31. The lowest BCUT2D eigenvalue weighted by Gasteiger charge is -2.27. The molecule has 3 rings (SSSR count). The minimum Gasteiger partial charge on any atom is -0.369 e. The lowest BCUT2D eigenvalue weighted by atomic mass is 10.0. The molecule has 21 heavy (non-hydrogen) atoms. The maximum Gasteiger partial charge on any atom is 0.416 e. The monoisotopic (exact) mass is 295 g/mol. The van der Waals surface area contributed by atoms with Crippen LogP contribution in [-0.2, 0) is 6.18 Å². The number of rotatable bonds is 1. The summed E-state index contributed by atoms with van der Waals surface area (Å²) < 4.78 is 38.2. The molecule has 2 saturated heterocycles. The number of nitriles is 1. The molecular weight excluding hydrogens is 279 g/mol. The normalized spacial score (nSPS) is 25.5. The molecule has 1 N–H and O–H groups in total. The third-order valence-corrected chi connectivity index (χ3v) is 4.31. The van der Waals surface area contributed by atoms with Crippen molar-refractivity contribution >= 4 is 5.69 Å². The summed E-state index contributed by atoms with van der Waals surface area (Å²) in [4.78, 5) is 2.04. The maximum absolute atomic E-state index is 12.7. The molecule has 2 bridgehead atoms. The number of hydrogen-bond donors (Lipinski definition) is 1. The summed E-state index contributed by atoms with van der Waals surface area (Å²) >= 11 is 0. The van der Waals surface area contributed by atoms with E-state index in [0.717, 1.165) is 44.5 Å². The standard InChI is InChI=1S/C15H16F3N3/c16-15(17,18)11-1-4-14(10(7-11)8-19)21-6-5-12-2-3-13(9-21)20-12/h1,4,7,12-13,20H,2-3,5-6,9H2. The predicted octanol–water partition coefficient (Wildman–Crippen LogP) is 2.91. The molecule has 0 aliphatic carbocycles. The topological polar surface area (TPSA) is 39.1 Å². The number of halogens is 3. The SMILES string of the molecule is N#Cc1cc(C(F)(F)F)ccc1N1CCC2CCC(C1)N2. The molecule has 0 aromatic heterocycles. The van der Waals surface area contributed by atoms with Gasteiger partial charge in [-0.3, -0.25) is 0 Å². The summed E-state index contributed by atoms with van der Waals surface area (Å²) in [5.41, 5.74) is -0.0558. The summed E-state index contributed by atoms with van der Waals surface area (Å²) in [6.45, 7) is 1.52. The van der Waals surface area contributed by atoms with Gasteiger partial charge in [-0.2, -0.15) is 18.4 Å². The fraction of sp³-hybridized carbons (Fsp3) is 0.533. The summed E-state index contributed by atoms with van der Waals surface area (Å²) in [6, 6.07) is 6.22. The molecule has 2 aliphatic heterocycles. The molecule has 2 atom stereocenters. The van der Waals surface area contributed by atoms with Gasteiger partial charge in [-0.25, -0.2) is 0 Å². The van der Waals surface area contributed by atoms with Gasteiger partial charge in [-0.05, 0) is 37.5 Å². The van der Waals surface area contributed by atoms with Gasteiger partial charge in [0.25, 0.3) is 0 Å². The maximum atomic E-state index is 12.7. The summed E-state index contributed by atoms with van der Waals surface area (Å²) in [6.07, 6.45) is -1.20. The fourth-order valence-electron chi connectivity index (χ4n) is 3.24. The van der Waals surface area contributed by atoms with Crippen molar-refractivity contribution in [2.45, 2.75) is 37.5 Å². The highest BCUT2D eigenvalue weighted by molar-refractivity contribution is 5.61. The molecular formula is C15H16F3N3. The van der Waals surface area contributed by atoms with E-state index in [1.807, 2.05) is 11.0 Å². The Hall–Kier alpha value is -1.74. The molecule has 0 spiro atoms. The zero-order valence-electron chi connectivity index (χ0n) is 11.5. The van der Waals surface area contributed by atoms with E-state index in [2.05, 4.69) is 5.32 Å². The molecule has 0 saturated carbocycles. The van der Waals surface area contributed by atoms with Gasteiger partial charge in [-0.1, -0.05) is 0 Å². The minimum atomic E-state index is -4.41. The number of benzene rings is 1. The Morgan fingerprint density at radius 2 is 1.95 bits per heavy atom. The zero-order valence-corrected chi connectivity index (χ0v) is 11.5. The van der Waals surface area contributed by atoms with Crippen molar-refractivity contribution in [1.82, 2.24) is 5.32 Å². The zero-order chi connectivity index (χ0) is 15.0. The van der Waals surface area contributed by atoms with Crippen molar-refractivity contribution in [1.29, 1.82) is 5.26 Å². The number of alkyl halides is 3. The lowest BCUT2D eigenvalue weighted by molar-refractivity contribution is -0.137. The minimum absolute atomic E-state index is 0.0996. The summed E-state index contributed by atoms with van der Waals surface area (Å²) in [5, 5.41) is 12.7. The van der Waals surface area contributed by atoms with Crippen molar-refractivity contribution in [2.75, 3.05) is 18.0 Å². The first kappa shape index (κ1) is 14.2. The molecule has 0 amide bonds. The van der Waals surface area contributed by atoms with Crippen LogP contribution < -0.4 is 10.2 Å². The summed E-state index contributed by atoms with van der Waals surface area (Å²) in [7, 11) is 0. The molecule has 2 aliphatic rings. The van der Waals surface area contributed by atoms with E-state index >= 15 is 0 Å². The molecule has 6 heteroatoms. The van der Waals surface area contributed by atoms with Crippen molar-refractivity contribution in [3.8, 4) is 6.07 Å². The largest absolute Gasteiger partial charge is 0.416 e. The second kappa shape index (κ2) is 5.23. The van der Waals surface area contributed by atoms with E-state index in [4.69, 9.17) is 0 Å². The van der Waals surface area contributed by atoms with E-state index in [1.54, 1.807) is 0 Å². The number of nitrogens with zero attached hydrogens (tertiary/aromatic N) is 2. The molecule has 2 unspecified atom stereocenters. The van der Waals surface area contributed by atoms with Crippen molar-refractivity contribution in [3.63, 3.8) is 0 Å². The molecule has 2 fully saturated rings. The average Bonchev–Trinajstić information content (AvgIpc) is 2.77. The average molecular weight is 295 g/mol. The van der Waals surface area contributed by atoms with Crippen LogP contribution in [0.25, 0.3) is 0 Å². The van der Waals surface area contributed by atoms with Crippen molar-refractivity contribution < 1.29 is 13.2 Å². The first-order chi connectivity index (χ1) is 9.97. The van der Waals surface area contributed by atoms with Gasteiger partial charge >= 0.3 is 6.18 Å². The summed E-state index contributed by atoms with van der Waals surface area (Å²) in [5.74, 6) is 0. The Labute approximate surface area is 121 Å². The highest BCUT2D eigenvalue weighted by atomic mass is 19.4. The van der Waals surface area contributed by atoms with E-state index in [9.17, 15) is 18.4 Å². The highest BCUT2D eigenvalue weighted by Gasteiger charge is 2.33. The number of anilines is 1. The molecule has 3 nitrogen and oxygen atoms in total. The Morgan fingerprint density at radius 3 is 2.67 bits per heavy atom. The first-order valence-corrected chi connectivity index (χ1v) is 7.09. The van der Waals surface area contributed by atoms with Crippen molar-refractivity contribution in [3.05, 3.63) is 29.3 Å². The van der Waals surface area contributed by atoms with Gasteiger partial charge in [0.1, 0.15) is 6.07 Å². The van der Waals surface area contributed by atoms with Crippen LogP contribution in [0.1, 0.15) is 30.4 Å². The molecule has 2 heterocycles. The molecule has 112 valence electrons. The second-order valence-corrected chi connectivity index (χ2v) is 5.71. The Bertz CT molecular complexity index is 577. The predicted molar refractivity (Wildman–Crippen MR) is 72.9 cm³/mol. The van der Waals surface area contributed by atoms with Gasteiger partial charge in [0.15, 0.2) is 0 Å². The van der Waals surface area contributed by atoms with E-state index in [0.29, 0.717) is 17.8 Å². The van der Waals surface area contributed by atoms with Crippen LogP contribution in [0.2, 0.25) is 0 Å². The van der Waals surface area contributed by atoms with Crippen LogP contribution in [0.15, 0.2) is 18.2 Å². The quantitative estimate of drug-likeness (QED) is 0.866. The molecule has 0 radical (unpaired) electrons. The van der Waals surface area contributed by atoms with Gasteiger partial charge < -0.3 is 10.2 Å². The van der Waals surface area contributed by atoms with Crippen LogP contribution in [0, 0.1) is 11.3 Å². The number of nitrogens with one attached hydrogen (secondary N) is 1. The van der Waals surface area contributed by atoms with Gasteiger partial charge in [-0.15, -0.1) is 0 Å². The Kier molecular flexibility index (Phi) is 3.54.